The van der Waals surface area contributed by atoms with Crippen LogP contribution in [0.25, 0.3) is 0 Å². The summed E-state index contributed by atoms with van der Waals surface area (Å²) in [6.07, 6.45) is 8.10. The summed E-state index contributed by atoms with van der Waals surface area (Å²) in [5.74, 6) is 0.504. The first-order valence-electron chi connectivity index (χ1n) is 7.72. The third-order valence-corrected chi connectivity index (χ3v) is 3.92. The third-order valence-electron chi connectivity index (χ3n) is 3.92. The second-order valence-electron chi connectivity index (χ2n) is 5.92. The molecule has 1 aliphatic rings. The number of urea groups is 1. The van der Waals surface area contributed by atoms with Crippen molar-refractivity contribution in [1.82, 2.24) is 14.7 Å². The molecule has 1 aromatic heterocycles. The Hall–Kier alpha value is -1.52. The molecule has 0 radical (unpaired) electrons. The summed E-state index contributed by atoms with van der Waals surface area (Å²) < 4.78 is 1.87. The number of hydrogen-bond donors (Lipinski definition) is 1. The average molecular weight is 278 g/mol. The van der Waals surface area contributed by atoms with Gasteiger partial charge in [-0.2, -0.15) is 5.10 Å². The molecule has 1 fully saturated rings. The summed E-state index contributed by atoms with van der Waals surface area (Å²) in [6, 6.07) is 0.369. The number of piperidine rings is 1. The van der Waals surface area contributed by atoms with E-state index in [0.717, 1.165) is 38.0 Å². The number of aryl methyl sites for hydroxylation is 1. The van der Waals surface area contributed by atoms with E-state index in [0.29, 0.717) is 12.0 Å². The Kier molecular flexibility index (Phi) is 5.04. The van der Waals surface area contributed by atoms with Crippen LogP contribution < -0.4 is 5.32 Å². The van der Waals surface area contributed by atoms with Crippen LogP contribution in [0.1, 0.15) is 46.5 Å². The first-order chi connectivity index (χ1) is 9.61. The molecule has 0 aromatic carbocycles. The molecule has 5 heteroatoms. The fourth-order valence-electron chi connectivity index (χ4n) is 2.88. The second-order valence-corrected chi connectivity index (χ2v) is 5.92. The van der Waals surface area contributed by atoms with Gasteiger partial charge in [0.05, 0.1) is 11.9 Å². The Morgan fingerprint density at radius 1 is 1.50 bits per heavy atom. The molecule has 0 bridgehead atoms. The smallest absolute Gasteiger partial charge is 0.321 e. The lowest BCUT2D eigenvalue weighted by Gasteiger charge is -2.38. The van der Waals surface area contributed by atoms with Crippen molar-refractivity contribution < 1.29 is 4.79 Å². The van der Waals surface area contributed by atoms with Crippen LogP contribution >= 0.6 is 0 Å². The summed E-state index contributed by atoms with van der Waals surface area (Å²) in [5, 5.41) is 7.22. The maximum absolute atomic E-state index is 12.4. The summed E-state index contributed by atoms with van der Waals surface area (Å²) in [6.45, 7) is 8.23. The molecule has 1 atom stereocenters. The van der Waals surface area contributed by atoms with Gasteiger partial charge >= 0.3 is 6.03 Å². The molecule has 2 rings (SSSR count). The van der Waals surface area contributed by atoms with E-state index in [-0.39, 0.29) is 6.03 Å². The standard InChI is InChI=1S/C15H26N4O/c1-4-8-18-11-13(10-16-18)17-15(20)19-9-6-5-7-14(19)12(2)3/h10-12,14H,4-9H2,1-3H3,(H,17,20)/t14-/m0/s1. The lowest BCUT2D eigenvalue weighted by atomic mass is 9.93. The molecule has 1 aliphatic heterocycles. The van der Waals surface area contributed by atoms with Crippen molar-refractivity contribution in [3.05, 3.63) is 12.4 Å². The van der Waals surface area contributed by atoms with Crippen molar-refractivity contribution in [2.75, 3.05) is 11.9 Å². The highest BCUT2D eigenvalue weighted by molar-refractivity contribution is 5.89. The Balaban J connectivity index is 1.98. The summed E-state index contributed by atoms with van der Waals surface area (Å²) in [4.78, 5) is 14.4. The van der Waals surface area contributed by atoms with E-state index in [9.17, 15) is 4.79 Å². The molecule has 0 saturated carbocycles. The summed E-state index contributed by atoms with van der Waals surface area (Å²) in [7, 11) is 0. The summed E-state index contributed by atoms with van der Waals surface area (Å²) >= 11 is 0. The maximum Gasteiger partial charge on any atom is 0.322 e. The van der Waals surface area contributed by atoms with Crippen molar-refractivity contribution >= 4 is 11.7 Å². The molecule has 0 spiro atoms. The number of anilines is 1. The van der Waals surface area contributed by atoms with Gasteiger partial charge in [-0.15, -0.1) is 0 Å². The Labute approximate surface area is 121 Å². The Bertz CT molecular complexity index is 441. The normalized spacial score (nSPS) is 19.4. The molecule has 2 heterocycles. The largest absolute Gasteiger partial charge is 0.322 e. The molecule has 5 nitrogen and oxygen atoms in total. The van der Waals surface area contributed by atoms with Crippen LogP contribution in [0.5, 0.6) is 0 Å². The molecule has 2 amide bonds. The van der Waals surface area contributed by atoms with Gasteiger partial charge in [0, 0.05) is 25.3 Å². The first kappa shape index (κ1) is 14.9. The number of hydrogen-bond acceptors (Lipinski definition) is 2. The van der Waals surface area contributed by atoms with Crippen LogP contribution in [-0.2, 0) is 6.54 Å². The molecule has 1 N–H and O–H groups in total. The number of rotatable bonds is 4. The second kappa shape index (κ2) is 6.77. The van der Waals surface area contributed by atoms with Crippen LogP contribution in [0.2, 0.25) is 0 Å². The van der Waals surface area contributed by atoms with Gasteiger partial charge in [-0.1, -0.05) is 20.8 Å². The van der Waals surface area contributed by atoms with E-state index in [4.69, 9.17) is 0 Å². The number of carbonyl (C=O) groups excluding carboxylic acids is 1. The zero-order chi connectivity index (χ0) is 14.5. The lowest BCUT2D eigenvalue weighted by molar-refractivity contribution is 0.138. The van der Waals surface area contributed by atoms with Crippen molar-refractivity contribution in [3.63, 3.8) is 0 Å². The summed E-state index contributed by atoms with van der Waals surface area (Å²) in [5.41, 5.74) is 0.788. The zero-order valence-electron chi connectivity index (χ0n) is 12.8. The van der Waals surface area contributed by atoms with Crippen molar-refractivity contribution in [3.8, 4) is 0 Å². The predicted octanol–water partition coefficient (Wildman–Crippen LogP) is 3.34. The number of amides is 2. The number of carbonyl (C=O) groups is 1. The molecule has 20 heavy (non-hydrogen) atoms. The minimum absolute atomic E-state index is 0.0134. The van der Waals surface area contributed by atoms with E-state index in [1.165, 1.54) is 6.42 Å². The first-order valence-corrected chi connectivity index (χ1v) is 7.72. The number of nitrogens with zero attached hydrogens (tertiary/aromatic N) is 3. The van der Waals surface area contributed by atoms with Crippen LogP contribution in [0.15, 0.2) is 12.4 Å². The van der Waals surface area contributed by atoms with Crippen LogP contribution in [-0.4, -0.2) is 33.3 Å². The molecule has 0 aliphatic carbocycles. The molecular weight excluding hydrogens is 252 g/mol. The number of aromatic nitrogens is 2. The highest BCUT2D eigenvalue weighted by Gasteiger charge is 2.28. The fourth-order valence-corrected chi connectivity index (χ4v) is 2.88. The number of nitrogens with one attached hydrogen (secondary N) is 1. The quantitative estimate of drug-likeness (QED) is 0.918. The van der Waals surface area contributed by atoms with Crippen molar-refractivity contribution in [2.24, 2.45) is 5.92 Å². The molecular formula is C15H26N4O. The zero-order valence-corrected chi connectivity index (χ0v) is 12.8. The van der Waals surface area contributed by atoms with Gasteiger partial charge in [-0.3, -0.25) is 4.68 Å². The molecule has 1 saturated heterocycles. The minimum atomic E-state index is 0.0134. The molecule has 1 aromatic rings. The van der Waals surface area contributed by atoms with E-state index >= 15 is 0 Å². The van der Waals surface area contributed by atoms with Gasteiger partial charge in [-0.05, 0) is 31.6 Å². The Morgan fingerprint density at radius 2 is 2.30 bits per heavy atom. The SMILES string of the molecule is CCCn1cc(NC(=O)N2CCCC[C@H]2C(C)C)cn1. The number of likely N-dealkylation sites (tertiary alicyclic amines) is 1. The predicted molar refractivity (Wildman–Crippen MR) is 80.7 cm³/mol. The molecule has 112 valence electrons. The van der Waals surface area contributed by atoms with Gasteiger partial charge in [-0.25, -0.2) is 4.79 Å². The van der Waals surface area contributed by atoms with E-state index < -0.39 is 0 Å². The van der Waals surface area contributed by atoms with Gasteiger partial charge in [0.25, 0.3) is 0 Å². The van der Waals surface area contributed by atoms with E-state index in [1.807, 2.05) is 15.8 Å². The molecule has 0 unspecified atom stereocenters. The van der Waals surface area contributed by atoms with Gasteiger partial charge in [0.2, 0.25) is 0 Å². The Morgan fingerprint density at radius 3 is 3.00 bits per heavy atom. The van der Waals surface area contributed by atoms with Gasteiger partial charge in [0.15, 0.2) is 0 Å². The highest BCUT2D eigenvalue weighted by Crippen LogP contribution is 2.23. The van der Waals surface area contributed by atoms with Crippen LogP contribution in [0, 0.1) is 5.92 Å². The van der Waals surface area contributed by atoms with Crippen molar-refractivity contribution in [2.45, 2.75) is 59.0 Å². The van der Waals surface area contributed by atoms with Crippen LogP contribution in [0.3, 0.4) is 0 Å². The van der Waals surface area contributed by atoms with E-state index in [2.05, 4.69) is 31.2 Å². The topological polar surface area (TPSA) is 50.2 Å². The maximum atomic E-state index is 12.4. The monoisotopic (exact) mass is 278 g/mol. The lowest BCUT2D eigenvalue weighted by Crippen LogP contribution is -2.48. The van der Waals surface area contributed by atoms with Crippen LogP contribution in [0.4, 0.5) is 10.5 Å². The minimum Gasteiger partial charge on any atom is -0.321 e. The fraction of sp³-hybridized carbons (Fsp3) is 0.733. The van der Waals surface area contributed by atoms with Gasteiger partial charge < -0.3 is 10.2 Å². The van der Waals surface area contributed by atoms with E-state index in [1.54, 1.807) is 6.20 Å². The average Bonchev–Trinajstić information content (AvgIpc) is 2.86. The third kappa shape index (κ3) is 3.52. The highest BCUT2D eigenvalue weighted by atomic mass is 16.2. The van der Waals surface area contributed by atoms with Gasteiger partial charge in [0.1, 0.15) is 0 Å². The van der Waals surface area contributed by atoms with Crippen molar-refractivity contribution in [1.29, 1.82) is 0 Å².